The minimum atomic E-state index is -0.154. The second-order valence-corrected chi connectivity index (χ2v) is 4.90. The monoisotopic (exact) mass is 272 g/mol. The van der Waals surface area contributed by atoms with Gasteiger partial charge in [0, 0.05) is 6.20 Å². The van der Waals surface area contributed by atoms with Crippen molar-refractivity contribution in [3.8, 4) is 5.82 Å². The van der Waals surface area contributed by atoms with Gasteiger partial charge in [-0.05, 0) is 31.0 Å². The van der Waals surface area contributed by atoms with E-state index in [1.807, 2.05) is 6.07 Å². The van der Waals surface area contributed by atoms with Crippen molar-refractivity contribution in [2.75, 3.05) is 11.9 Å². The fourth-order valence-electron chi connectivity index (χ4n) is 2.39. The minimum Gasteiger partial charge on any atom is -0.322 e. The molecule has 1 amide bonds. The number of anilines is 1. The zero-order valence-electron chi connectivity index (χ0n) is 11.2. The van der Waals surface area contributed by atoms with E-state index in [9.17, 15) is 4.79 Å². The molecule has 0 aliphatic carbocycles. The van der Waals surface area contributed by atoms with Gasteiger partial charge in [0.1, 0.15) is 12.7 Å². The number of nitrogens with one attached hydrogen (secondary N) is 2. The first kappa shape index (κ1) is 12.7. The summed E-state index contributed by atoms with van der Waals surface area (Å²) in [5, 5.41) is 10.2. The standard InChI is InChI=1S/C13H16N6O/c1-9-4-6-15-11(9)13(20)18-10-3-2-5-16-12(10)19-8-14-7-17-19/h2-3,5,7-9,11,15H,4,6H2,1H3,(H,18,20). The van der Waals surface area contributed by atoms with Crippen LogP contribution in [-0.4, -0.2) is 38.2 Å². The molecule has 0 bridgehead atoms. The molecule has 104 valence electrons. The van der Waals surface area contributed by atoms with E-state index in [1.165, 1.54) is 11.0 Å². The van der Waals surface area contributed by atoms with Gasteiger partial charge in [-0.25, -0.2) is 14.6 Å². The molecule has 3 rings (SSSR count). The summed E-state index contributed by atoms with van der Waals surface area (Å²) in [6.45, 7) is 2.95. The fourth-order valence-corrected chi connectivity index (χ4v) is 2.39. The molecule has 2 N–H and O–H groups in total. The van der Waals surface area contributed by atoms with Crippen molar-refractivity contribution >= 4 is 11.6 Å². The van der Waals surface area contributed by atoms with Crippen molar-refractivity contribution in [2.45, 2.75) is 19.4 Å². The van der Waals surface area contributed by atoms with E-state index in [0.717, 1.165) is 13.0 Å². The normalized spacial score (nSPS) is 21.9. The van der Waals surface area contributed by atoms with Gasteiger partial charge in [0.15, 0.2) is 5.82 Å². The van der Waals surface area contributed by atoms with E-state index in [0.29, 0.717) is 17.4 Å². The largest absolute Gasteiger partial charge is 0.322 e. The van der Waals surface area contributed by atoms with Crippen LogP contribution >= 0.6 is 0 Å². The molecule has 0 radical (unpaired) electrons. The molecule has 0 aromatic carbocycles. The SMILES string of the molecule is CC1CCNC1C(=O)Nc1cccnc1-n1cncn1. The van der Waals surface area contributed by atoms with Crippen molar-refractivity contribution in [1.82, 2.24) is 25.1 Å². The quantitative estimate of drug-likeness (QED) is 0.854. The van der Waals surface area contributed by atoms with E-state index in [2.05, 4.69) is 32.6 Å². The van der Waals surface area contributed by atoms with Crippen molar-refractivity contribution in [1.29, 1.82) is 0 Å². The lowest BCUT2D eigenvalue weighted by molar-refractivity contribution is -0.118. The van der Waals surface area contributed by atoms with Crippen LogP contribution in [-0.2, 0) is 4.79 Å². The van der Waals surface area contributed by atoms with Crippen LogP contribution in [0.15, 0.2) is 31.0 Å². The summed E-state index contributed by atoms with van der Waals surface area (Å²) in [6, 6.07) is 3.43. The Morgan fingerprint density at radius 3 is 3.15 bits per heavy atom. The lowest BCUT2D eigenvalue weighted by Gasteiger charge is -2.16. The van der Waals surface area contributed by atoms with Crippen LogP contribution in [0.1, 0.15) is 13.3 Å². The maximum atomic E-state index is 12.3. The highest BCUT2D eigenvalue weighted by Crippen LogP contribution is 2.19. The fraction of sp³-hybridized carbons (Fsp3) is 0.385. The van der Waals surface area contributed by atoms with Gasteiger partial charge < -0.3 is 10.6 Å². The lowest BCUT2D eigenvalue weighted by atomic mass is 10.0. The number of aromatic nitrogens is 4. The molecule has 1 aliphatic rings. The number of hydrogen-bond acceptors (Lipinski definition) is 5. The molecule has 2 atom stereocenters. The van der Waals surface area contributed by atoms with Crippen molar-refractivity contribution in [3.63, 3.8) is 0 Å². The molecule has 7 nitrogen and oxygen atoms in total. The second-order valence-electron chi connectivity index (χ2n) is 4.90. The number of carbonyl (C=O) groups is 1. The Morgan fingerprint density at radius 2 is 2.45 bits per heavy atom. The number of nitrogens with zero attached hydrogens (tertiary/aromatic N) is 4. The molecule has 2 aromatic heterocycles. The predicted octanol–water partition coefficient (Wildman–Crippen LogP) is 0.599. The molecular formula is C13H16N6O. The van der Waals surface area contributed by atoms with Gasteiger partial charge in [-0.15, -0.1) is 0 Å². The predicted molar refractivity (Wildman–Crippen MR) is 73.4 cm³/mol. The van der Waals surface area contributed by atoms with E-state index in [1.54, 1.807) is 18.6 Å². The molecule has 7 heteroatoms. The first-order valence-electron chi connectivity index (χ1n) is 6.60. The lowest BCUT2D eigenvalue weighted by Crippen LogP contribution is -2.39. The molecule has 20 heavy (non-hydrogen) atoms. The van der Waals surface area contributed by atoms with Crippen LogP contribution in [0.5, 0.6) is 0 Å². The zero-order chi connectivity index (χ0) is 13.9. The van der Waals surface area contributed by atoms with Crippen LogP contribution in [0, 0.1) is 5.92 Å². The molecule has 3 heterocycles. The Kier molecular flexibility index (Phi) is 3.42. The van der Waals surface area contributed by atoms with Crippen LogP contribution < -0.4 is 10.6 Å². The molecule has 2 aromatic rings. The average Bonchev–Trinajstić information content (AvgIpc) is 3.10. The van der Waals surface area contributed by atoms with Crippen LogP contribution in [0.3, 0.4) is 0 Å². The highest BCUT2D eigenvalue weighted by Gasteiger charge is 2.29. The highest BCUT2D eigenvalue weighted by atomic mass is 16.2. The summed E-state index contributed by atoms with van der Waals surface area (Å²) in [5.41, 5.74) is 0.629. The molecule has 2 unspecified atom stereocenters. The summed E-state index contributed by atoms with van der Waals surface area (Å²) in [7, 11) is 0. The molecule has 1 fully saturated rings. The van der Waals surface area contributed by atoms with Crippen molar-refractivity contribution in [3.05, 3.63) is 31.0 Å². The third-order valence-corrected chi connectivity index (χ3v) is 3.50. The van der Waals surface area contributed by atoms with Gasteiger partial charge in [0.2, 0.25) is 5.91 Å². The van der Waals surface area contributed by atoms with Crippen LogP contribution in [0.25, 0.3) is 5.82 Å². The summed E-state index contributed by atoms with van der Waals surface area (Å²) in [5.74, 6) is 0.856. The van der Waals surface area contributed by atoms with Gasteiger partial charge in [-0.1, -0.05) is 6.92 Å². The van der Waals surface area contributed by atoms with E-state index in [-0.39, 0.29) is 11.9 Å². The number of carbonyl (C=O) groups excluding carboxylic acids is 1. The number of rotatable bonds is 3. The summed E-state index contributed by atoms with van der Waals surface area (Å²) >= 11 is 0. The summed E-state index contributed by atoms with van der Waals surface area (Å²) in [4.78, 5) is 20.4. The number of amides is 1. The summed E-state index contributed by atoms with van der Waals surface area (Å²) in [6.07, 6.45) is 5.65. The van der Waals surface area contributed by atoms with Crippen molar-refractivity contribution in [2.24, 2.45) is 5.92 Å². The molecule has 0 spiro atoms. The Labute approximate surface area is 116 Å². The topological polar surface area (TPSA) is 84.7 Å². The van der Waals surface area contributed by atoms with E-state index < -0.39 is 0 Å². The third-order valence-electron chi connectivity index (χ3n) is 3.50. The van der Waals surface area contributed by atoms with E-state index >= 15 is 0 Å². The highest BCUT2D eigenvalue weighted by molar-refractivity contribution is 5.96. The van der Waals surface area contributed by atoms with Gasteiger partial charge in [-0.2, -0.15) is 5.10 Å². The number of hydrogen-bond donors (Lipinski definition) is 2. The average molecular weight is 272 g/mol. The Bertz CT molecular complexity index is 597. The molecule has 0 saturated carbocycles. The Morgan fingerprint density at radius 1 is 1.55 bits per heavy atom. The third kappa shape index (κ3) is 2.39. The Balaban J connectivity index is 1.83. The maximum Gasteiger partial charge on any atom is 0.241 e. The maximum absolute atomic E-state index is 12.3. The van der Waals surface area contributed by atoms with Gasteiger partial charge in [0.25, 0.3) is 0 Å². The smallest absolute Gasteiger partial charge is 0.241 e. The molecular weight excluding hydrogens is 256 g/mol. The first-order chi connectivity index (χ1) is 9.75. The van der Waals surface area contributed by atoms with Gasteiger partial charge in [0.05, 0.1) is 11.7 Å². The van der Waals surface area contributed by atoms with Gasteiger partial charge >= 0.3 is 0 Å². The van der Waals surface area contributed by atoms with Crippen LogP contribution in [0.2, 0.25) is 0 Å². The van der Waals surface area contributed by atoms with Gasteiger partial charge in [-0.3, -0.25) is 4.79 Å². The number of pyridine rings is 1. The summed E-state index contributed by atoms with van der Waals surface area (Å²) < 4.78 is 1.53. The Hall–Kier alpha value is -2.28. The second kappa shape index (κ2) is 5.38. The van der Waals surface area contributed by atoms with Crippen molar-refractivity contribution < 1.29 is 4.79 Å². The first-order valence-corrected chi connectivity index (χ1v) is 6.60. The molecule has 1 aliphatic heterocycles. The molecule has 1 saturated heterocycles. The van der Waals surface area contributed by atoms with E-state index in [4.69, 9.17) is 0 Å². The van der Waals surface area contributed by atoms with Crippen LogP contribution in [0.4, 0.5) is 5.69 Å². The minimum absolute atomic E-state index is 0.0376. The zero-order valence-corrected chi connectivity index (χ0v) is 11.2.